The number of phenols is 1. The van der Waals surface area contributed by atoms with Crippen molar-refractivity contribution in [1.29, 1.82) is 0 Å². The SMILES string of the molecule is Cc1cccc(-c2cc(-c3ccccc3O)nc(-c3[c-]c(-c4nc5ccccn5c4-c4ccccc4)cc4c3oc3ccccc34)c2)c1.[Pt]. The molecule has 0 radical (unpaired) electrons. The summed E-state index contributed by atoms with van der Waals surface area (Å²) in [5.74, 6) is 0.168. The predicted octanol–water partition coefficient (Wildman–Crippen LogP) is 10.8. The molecule has 0 atom stereocenters. The standard InChI is InChI=1S/C43H28N3O2.Pt/c1-27-12-11-15-29(22-27)30-25-36(33-17-5-7-18-38(33)47)44-37(26-30)35-24-31(23-34-32-16-6-8-19-39(32)48-43(34)35)41-42(28-13-3-2-4-14-28)46-21-10-9-20-40(46)45-41;/h2-23,25-26,47H,1H3;/q-1;. The third kappa shape index (κ3) is 5.33. The van der Waals surface area contributed by atoms with Crippen molar-refractivity contribution < 1.29 is 30.6 Å². The van der Waals surface area contributed by atoms with E-state index >= 15 is 0 Å². The van der Waals surface area contributed by atoms with Gasteiger partial charge in [-0.3, -0.25) is 9.97 Å². The number of hydrogen-bond donors (Lipinski definition) is 1. The summed E-state index contributed by atoms with van der Waals surface area (Å²) in [6.45, 7) is 2.09. The number of aryl methyl sites for hydroxylation is 1. The van der Waals surface area contributed by atoms with E-state index in [1.807, 2.05) is 85.1 Å². The fourth-order valence-corrected chi connectivity index (χ4v) is 6.61. The fraction of sp³-hybridized carbons (Fsp3) is 0.0233. The molecule has 0 aliphatic carbocycles. The second-order valence-corrected chi connectivity index (χ2v) is 12.0. The van der Waals surface area contributed by atoms with Gasteiger partial charge < -0.3 is 13.9 Å². The number of nitrogens with zero attached hydrogens (tertiary/aromatic N) is 3. The van der Waals surface area contributed by atoms with Crippen LogP contribution in [0.5, 0.6) is 5.75 Å². The summed E-state index contributed by atoms with van der Waals surface area (Å²) in [4.78, 5) is 10.3. The van der Waals surface area contributed by atoms with Crippen molar-refractivity contribution in [3.63, 3.8) is 0 Å². The Hall–Kier alpha value is -5.77. The zero-order chi connectivity index (χ0) is 32.2. The minimum atomic E-state index is 0. The van der Waals surface area contributed by atoms with E-state index in [2.05, 4.69) is 72.0 Å². The number of fused-ring (bicyclic) bond motifs is 4. The maximum atomic E-state index is 10.9. The van der Waals surface area contributed by atoms with Gasteiger partial charge in [0.15, 0.2) is 0 Å². The summed E-state index contributed by atoms with van der Waals surface area (Å²) >= 11 is 0. The number of aromatic hydroxyl groups is 1. The van der Waals surface area contributed by atoms with Crippen molar-refractivity contribution >= 4 is 27.6 Å². The largest absolute Gasteiger partial charge is 0.507 e. The van der Waals surface area contributed by atoms with Crippen LogP contribution < -0.4 is 0 Å². The van der Waals surface area contributed by atoms with E-state index in [1.54, 1.807) is 6.07 Å². The number of pyridine rings is 2. The van der Waals surface area contributed by atoms with Crippen LogP contribution in [0.3, 0.4) is 0 Å². The summed E-state index contributed by atoms with van der Waals surface area (Å²) < 4.78 is 8.72. The van der Waals surface area contributed by atoms with Crippen LogP contribution in [0, 0.1) is 13.0 Å². The van der Waals surface area contributed by atoms with Gasteiger partial charge in [-0.25, -0.2) is 0 Å². The van der Waals surface area contributed by atoms with Crippen LogP contribution in [-0.4, -0.2) is 19.5 Å². The Balaban J connectivity index is 0.00000348. The maximum Gasteiger partial charge on any atom is 0.129 e. The van der Waals surface area contributed by atoms with E-state index < -0.39 is 0 Å². The quantitative estimate of drug-likeness (QED) is 0.176. The Morgan fingerprint density at radius 1 is 0.653 bits per heavy atom. The van der Waals surface area contributed by atoms with Gasteiger partial charge in [-0.2, -0.15) is 0 Å². The molecule has 0 spiro atoms. The Morgan fingerprint density at radius 2 is 1.41 bits per heavy atom. The van der Waals surface area contributed by atoms with Gasteiger partial charge in [0.25, 0.3) is 0 Å². The smallest absolute Gasteiger partial charge is 0.129 e. The molecular weight excluding hydrogens is 786 g/mol. The molecule has 1 N–H and O–H groups in total. The van der Waals surface area contributed by atoms with Crippen molar-refractivity contribution in [3.05, 3.63) is 157 Å². The average molecular weight is 814 g/mol. The molecule has 0 saturated heterocycles. The first-order valence-electron chi connectivity index (χ1n) is 15.9. The van der Waals surface area contributed by atoms with Crippen LogP contribution in [0.15, 0.2) is 150 Å². The molecule has 238 valence electrons. The van der Waals surface area contributed by atoms with Crippen molar-refractivity contribution in [2.75, 3.05) is 0 Å². The zero-order valence-corrected chi connectivity index (χ0v) is 28.6. The minimum absolute atomic E-state index is 0. The van der Waals surface area contributed by atoms with E-state index in [-0.39, 0.29) is 26.8 Å². The maximum absolute atomic E-state index is 10.9. The molecule has 0 unspecified atom stereocenters. The van der Waals surface area contributed by atoms with Crippen molar-refractivity contribution in [1.82, 2.24) is 14.4 Å². The van der Waals surface area contributed by atoms with Crippen molar-refractivity contribution in [2.24, 2.45) is 0 Å². The van der Waals surface area contributed by atoms with Crippen molar-refractivity contribution in [2.45, 2.75) is 6.92 Å². The minimum Gasteiger partial charge on any atom is -0.507 e. The molecule has 6 heteroatoms. The number of imidazole rings is 1. The number of phenolic OH excluding ortho intramolecular Hbond substituents is 1. The van der Waals surface area contributed by atoms with E-state index in [0.29, 0.717) is 22.5 Å². The Kier molecular flexibility index (Phi) is 7.70. The number of benzene rings is 5. The molecular formula is C43H28N3O2Pt-. The van der Waals surface area contributed by atoms with Crippen molar-refractivity contribution in [3.8, 4) is 61.9 Å². The number of hydrogen-bond acceptors (Lipinski definition) is 4. The molecule has 4 aromatic heterocycles. The summed E-state index contributed by atoms with van der Waals surface area (Å²) in [7, 11) is 0. The van der Waals surface area contributed by atoms with Gasteiger partial charge in [0.1, 0.15) is 17.0 Å². The van der Waals surface area contributed by atoms with Crippen LogP contribution in [-0.2, 0) is 21.1 Å². The van der Waals surface area contributed by atoms with Crippen LogP contribution in [0.2, 0.25) is 0 Å². The van der Waals surface area contributed by atoms with Gasteiger partial charge in [0.05, 0.1) is 11.3 Å². The van der Waals surface area contributed by atoms with Crippen LogP contribution in [0.4, 0.5) is 0 Å². The molecule has 9 rings (SSSR count). The van der Waals surface area contributed by atoms with Gasteiger partial charge in [0.2, 0.25) is 0 Å². The third-order valence-electron chi connectivity index (χ3n) is 8.85. The monoisotopic (exact) mass is 813 g/mol. The average Bonchev–Trinajstić information content (AvgIpc) is 3.71. The van der Waals surface area contributed by atoms with E-state index in [4.69, 9.17) is 14.4 Å². The molecule has 5 nitrogen and oxygen atoms in total. The van der Waals surface area contributed by atoms with Gasteiger partial charge in [0, 0.05) is 55.3 Å². The van der Waals surface area contributed by atoms with E-state index in [9.17, 15) is 5.11 Å². The van der Waals surface area contributed by atoms with Gasteiger partial charge >= 0.3 is 0 Å². The molecule has 49 heavy (non-hydrogen) atoms. The number of para-hydroxylation sites is 2. The molecule has 0 aliphatic rings. The Labute approximate surface area is 297 Å². The predicted molar refractivity (Wildman–Crippen MR) is 193 cm³/mol. The number of rotatable bonds is 5. The molecule has 0 fully saturated rings. The molecule has 0 aliphatic heterocycles. The Bertz CT molecular complexity index is 2660. The van der Waals surface area contributed by atoms with Crippen LogP contribution in [0.1, 0.15) is 5.56 Å². The summed E-state index contributed by atoms with van der Waals surface area (Å²) in [6.07, 6.45) is 2.05. The van der Waals surface area contributed by atoms with Gasteiger partial charge in [-0.15, -0.1) is 12.1 Å². The molecule has 4 heterocycles. The van der Waals surface area contributed by atoms with Gasteiger partial charge in [-0.1, -0.05) is 114 Å². The number of furan rings is 1. The van der Waals surface area contributed by atoms with Crippen LogP contribution >= 0.6 is 0 Å². The summed E-state index contributed by atoms with van der Waals surface area (Å²) in [5.41, 5.74) is 11.9. The normalized spacial score (nSPS) is 11.3. The first kappa shape index (κ1) is 30.6. The first-order chi connectivity index (χ1) is 23.6. The molecule has 0 amide bonds. The molecule has 0 bridgehead atoms. The van der Waals surface area contributed by atoms with Crippen LogP contribution in [0.25, 0.3) is 83.7 Å². The second-order valence-electron chi connectivity index (χ2n) is 12.0. The fourth-order valence-electron chi connectivity index (χ4n) is 6.61. The number of aromatic nitrogens is 3. The van der Waals surface area contributed by atoms with E-state index in [0.717, 1.165) is 66.8 Å². The van der Waals surface area contributed by atoms with E-state index in [1.165, 1.54) is 0 Å². The summed E-state index contributed by atoms with van der Waals surface area (Å²) in [5, 5.41) is 12.9. The molecule has 0 saturated carbocycles. The first-order valence-corrected chi connectivity index (χ1v) is 15.9. The zero-order valence-electron chi connectivity index (χ0n) is 26.4. The molecule has 5 aromatic carbocycles. The third-order valence-corrected chi connectivity index (χ3v) is 8.85. The molecule has 9 aromatic rings. The summed E-state index contributed by atoms with van der Waals surface area (Å²) in [6, 6.07) is 50.2. The van der Waals surface area contributed by atoms with Gasteiger partial charge in [-0.05, 0) is 65.4 Å². The Morgan fingerprint density at radius 3 is 2.27 bits per heavy atom. The topological polar surface area (TPSA) is 63.6 Å². The second kappa shape index (κ2) is 12.4.